The molecule has 0 saturated carbocycles. The maximum Gasteiger partial charge on any atom is 0.228 e. The maximum atomic E-state index is 13.5. The molecule has 6 rings (SSSR count). The number of hydrogen-bond acceptors (Lipinski definition) is 2. The van der Waals surface area contributed by atoms with Crippen LogP contribution in [-0.4, -0.2) is 10.8 Å². The SMILES string of the molecule is Cc1ccc2[nH]c3c(ccc4c(/C=C/c5ccccc5)c(C(=O)c5ccccc5)oc43)c2c1. The largest absolute Gasteiger partial charge is 0.450 e. The molecule has 0 radical (unpaired) electrons. The third kappa shape index (κ3) is 3.26. The van der Waals surface area contributed by atoms with Crippen LogP contribution in [-0.2, 0) is 0 Å². The number of aryl methyl sites for hydroxylation is 1. The summed E-state index contributed by atoms with van der Waals surface area (Å²) >= 11 is 0. The number of rotatable bonds is 4. The molecule has 0 aliphatic heterocycles. The Balaban J connectivity index is 1.62. The van der Waals surface area contributed by atoms with Gasteiger partial charge in [0.05, 0.1) is 5.52 Å². The van der Waals surface area contributed by atoms with Crippen molar-refractivity contribution in [3.8, 4) is 0 Å². The standard InChI is InChI=1S/C30H21NO2/c1-19-12-17-26-25(18-19)22-15-16-23-24(14-13-20-8-4-2-5-9-20)30(33-29(23)27(22)31-26)28(32)21-10-6-3-7-11-21/h2-18,31H,1H3/b14-13+. The highest BCUT2D eigenvalue weighted by molar-refractivity contribution is 6.20. The van der Waals surface area contributed by atoms with Crippen LogP contribution >= 0.6 is 0 Å². The van der Waals surface area contributed by atoms with Gasteiger partial charge in [0.15, 0.2) is 11.3 Å². The molecule has 2 heterocycles. The predicted molar refractivity (Wildman–Crippen MR) is 136 cm³/mol. The zero-order chi connectivity index (χ0) is 22.4. The van der Waals surface area contributed by atoms with E-state index in [1.807, 2.05) is 72.8 Å². The molecule has 0 spiro atoms. The second-order valence-electron chi connectivity index (χ2n) is 8.32. The summed E-state index contributed by atoms with van der Waals surface area (Å²) in [5, 5.41) is 3.16. The Labute approximate surface area is 191 Å². The molecule has 1 N–H and O–H groups in total. The number of ketones is 1. The van der Waals surface area contributed by atoms with Gasteiger partial charge in [-0.05, 0) is 36.8 Å². The normalized spacial score (nSPS) is 11.8. The number of carbonyl (C=O) groups excluding carboxylic acids is 1. The van der Waals surface area contributed by atoms with Crippen LogP contribution in [0.25, 0.3) is 44.9 Å². The summed E-state index contributed by atoms with van der Waals surface area (Å²) in [5.41, 5.74) is 6.33. The Kier molecular flexibility index (Phi) is 4.48. The van der Waals surface area contributed by atoms with Crippen molar-refractivity contribution in [2.24, 2.45) is 0 Å². The molecule has 33 heavy (non-hydrogen) atoms. The van der Waals surface area contributed by atoms with Gasteiger partial charge in [-0.15, -0.1) is 0 Å². The van der Waals surface area contributed by atoms with Crippen LogP contribution in [0.3, 0.4) is 0 Å². The van der Waals surface area contributed by atoms with E-state index in [2.05, 4.69) is 42.2 Å². The second-order valence-corrected chi connectivity index (χ2v) is 8.32. The Hall–Kier alpha value is -4.37. The van der Waals surface area contributed by atoms with E-state index in [-0.39, 0.29) is 5.78 Å². The van der Waals surface area contributed by atoms with Gasteiger partial charge in [-0.1, -0.05) is 84.4 Å². The predicted octanol–water partition coefficient (Wildman–Crippen LogP) is 7.78. The van der Waals surface area contributed by atoms with Crippen molar-refractivity contribution in [3.05, 3.63) is 119 Å². The van der Waals surface area contributed by atoms with E-state index in [9.17, 15) is 4.79 Å². The number of hydrogen-bond donors (Lipinski definition) is 1. The first-order valence-electron chi connectivity index (χ1n) is 11.0. The molecule has 3 heteroatoms. The van der Waals surface area contributed by atoms with Gasteiger partial charge in [0, 0.05) is 32.8 Å². The molecule has 0 amide bonds. The van der Waals surface area contributed by atoms with Crippen molar-refractivity contribution in [3.63, 3.8) is 0 Å². The summed E-state index contributed by atoms with van der Waals surface area (Å²) in [6.45, 7) is 2.09. The summed E-state index contributed by atoms with van der Waals surface area (Å²) in [6.07, 6.45) is 4.00. The van der Waals surface area contributed by atoms with E-state index < -0.39 is 0 Å². The van der Waals surface area contributed by atoms with Crippen LogP contribution in [0.2, 0.25) is 0 Å². The average Bonchev–Trinajstić information content (AvgIpc) is 3.41. The van der Waals surface area contributed by atoms with Crippen molar-refractivity contribution in [1.29, 1.82) is 0 Å². The van der Waals surface area contributed by atoms with Crippen molar-refractivity contribution >= 4 is 50.7 Å². The number of carbonyl (C=O) groups is 1. The minimum absolute atomic E-state index is 0.125. The molecule has 4 aromatic carbocycles. The van der Waals surface area contributed by atoms with E-state index >= 15 is 0 Å². The van der Waals surface area contributed by atoms with Gasteiger partial charge in [-0.25, -0.2) is 0 Å². The zero-order valence-corrected chi connectivity index (χ0v) is 18.1. The van der Waals surface area contributed by atoms with E-state index in [4.69, 9.17) is 4.42 Å². The number of furan rings is 1. The molecule has 158 valence electrons. The first-order chi connectivity index (χ1) is 16.2. The number of benzene rings is 4. The van der Waals surface area contributed by atoms with Crippen LogP contribution in [0.5, 0.6) is 0 Å². The molecule has 0 aliphatic rings. The molecule has 2 aromatic heterocycles. The first-order valence-corrected chi connectivity index (χ1v) is 11.0. The van der Waals surface area contributed by atoms with Crippen LogP contribution in [0.4, 0.5) is 0 Å². The molecule has 6 aromatic rings. The average molecular weight is 428 g/mol. The zero-order valence-electron chi connectivity index (χ0n) is 18.1. The minimum Gasteiger partial charge on any atom is -0.450 e. The first kappa shape index (κ1) is 19.3. The summed E-state index contributed by atoms with van der Waals surface area (Å²) in [6, 6.07) is 29.9. The van der Waals surface area contributed by atoms with E-state index in [0.717, 1.165) is 38.3 Å². The molecule has 0 aliphatic carbocycles. The Morgan fingerprint density at radius 2 is 1.52 bits per heavy atom. The molecular formula is C30H21NO2. The number of aromatic nitrogens is 1. The van der Waals surface area contributed by atoms with Crippen LogP contribution in [0.1, 0.15) is 32.8 Å². The Morgan fingerprint density at radius 3 is 2.30 bits per heavy atom. The summed E-state index contributed by atoms with van der Waals surface area (Å²) < 4.78 is 6.34. The Morgan fingerprint density at radius 1 is 0.788 bits per heavy atom. The molecule has 0 bridgehead atoms. The van der Waals surface area contributed by atoms with Gasteiger partial charge in [0.25, 0.3) is 0 Å². The maximum absolute atomic E-state index is 13.5. The lowest BCUT2D eigenvalue weighted by molar-refractivity contribution is 0.101. The second kappa shape index (κ2) is 7.64. The summed E-state index contributed by atoms with van der Waals surface area (Å²) in [7, 11) is 0. The van der Waals surface area contributed by atoms with Gasteiger partial charge in [-0.3, -0.25) is 4.79 Å². The number of H-pyrrole nitrogens is 1. The Bertz CT molecular complexity index is 1670. The van der Waals surface area contributed by atoms with E-state index in [1.54, 1.807) is 0 Å². The fourth-order valence-corrected chi connectivity index (χ4v) is 4.45. The smallest absolute Gasteiger partial charge is 0.228 e. The quantitative estimate of drug-likeness (QED) is 0.292. The molecule has 0 unspecified atom stereocenters. The monoisotopic (exact) mass is 427 g/mol. The van der Waals surface area contributed by atoms with Crippen LogP contribution in [0, 0.1) is 6.92 Å². The lowest BCUT2D eigenvalue weighted by Gasteiger charge is -1.99. The molecular weight excluding hydrogens is 406 g/mol. The van der Waals surface area contributed by atoms with Crippen LogP contribution in [0.15, 0.2) is 95.4 Å². The third-order valence-electron chi connectivity index (χ3n) is 6.11. The van der Waals surface area contributed by atoms with Crippen molar-refractivity contribution in [2.45, 2.75) is 6.92 Å². The minimum atomic E-state index is -0.125. The van der Waals surface area contributed by atoms with E-state index in [0.29, 0.717) is 16.9 Å². The lowest BCUT2D eigenvalue weighted by Crippen LogP contribution is -2.01. The van der Waals surface area contributed by atoms with Crippen molar-refractivity contribution in [1.82, 2.24) is 4.98 Å². The lowest BCUT2D eigenvalue weighted by atomic mass is 10.0. The van der Waals surface area contributed by atoms with Gasteiger partial charge in [0.1, 0.15) is 0 Å². The molecule has 0 fully saturated rings. The summed E-state index contributed by atoms with van der Waals surface area (Å²) in [5.74, 6) is 0.227. The molecule has 0 saturated heterocycles. The molecule has 0 atom stereocenters. The number of fused-ring (bicyclic) bond motifs is 5. The fraction of sp³-hybridized carbons (Fsp3) is 0.0333. The summed E-state index contributed by atoms with van der Waals surface area (Å²) in [4.78, 5) is 17.0. The topological polar surface area (TPSA) is 46.0 Å². The van der Waals surface area contributed by atoms with Gasteiger partial charge >= 0.3 is 0 Å². The van der Waals surface area contributed by atoms with Gasteiger partial charge < -0.3 is 9.40 Å². The molecule has 3 nitrogen and oxygen atoms in total. The van der Waals surface area contributed by atoms with Crippen molar-refractivity contribution in [2.75, 3.05) is 0 Å². The highest BCUT2D eigenvalue weighted by atomic mass is 16.3. The number of aromatic amines is 1. The highest BCUT2D eigenvalue weighted by Gasteiger charge is 2.22. The highest BCUT2D eigenvalue weighted by Crippen LogP contribution is 2.37. The van der Waals surface area contributed by atoms with Crippen molar-refractivity contribution < 1.29 is 9.21 Å². The number of nitrogens with one attached hydrogen (secondary N) is 1. The fourth-order valence-electron chi connectivity index (χ4n) is 4.45. The third-order valence-corrected chi connectivity index (χ3v) is 6.11. The van der Waals surface area contributed by atoms with Crippen LogP contribution < -0.4 is 0 Å². The van der Waals surface area contributed by atoms with Gasteiger partial charge in [0.2, 0.25) is 5.78 Å². The van der Waals surface area contributed by atoms with E-state index in [1.165, 1.54) is 5.56 Å². The van der Waals surface area contributed by atoms with Gasteiger partial charge in [-0.2, -0.15) is 0 Å².